The molecule has 0 aliphatic rings. The Morgan fingerprint density at radius 1 is 1.08 bits per heavy atom. The SMILES string of the molecule is Cc1cc(-c2ccccc2)nn(CCN(C(C)C)C(C)C)c1=O.Cl. The molecule has 0 atom stereocenters. The van der Waals surface area contributed by atoms with Crippen LogP contribution >= 0.6 is 12.4 Å². The molecular weight excluding hydrogens is 322 g/mol. The highest BCUT2D eigenvalue weighted by Gasteiger charge is 2.14. The topological polar surface area (TPSA) is 38.1 Å². The first-order valence-electron chi connectivity index (χ1n) is 8.30. The highest BCUT2D eigenvalue weighted by Crippen LogP contribution is 2.15. The molecule has 24 heavy (non-hydrogen) atoms. The van der Waals surface area contributed by atoms with Gasteiger partial charge >= 0.3 is 0 Å². The van der Waals surface area contributed by atoms with Gasteiger partial charge in [0.2, 0.25) is 0 Å². The van der Waals surface area contributed by atoms with Crippen LogP contribution in [0.5, 0.6) is 0 Å². The van der Waals surface area contributed by atoms with E-state index in [1.807, 2.05) is 43.3 Å². The summed E-state index contributed by atoms with van der Waals surface area (Å²) in [5, 5.41) is 4.57. The summed E-state index contributed by atoms with van der Waals surface area (Å²) >= 11 is 0. The van der Waals surface area contributed by atoms with Crippen LogP contribution in [-0.2, 0) is 6.54 Å². The zero-order valence-electron chi connectivity index (χ0n) is 15.2. The first-order chi connectivity index (χ1) is 10.9. The minimum Gasteiger partial charge on any atom is -0.297 e. The molecule has 0 N–H and O–H groups in total. The molecule has 1 aromatic heterocycles. The normalized spacial score (nSPS) is 11.2. The molecule has 1 heterocycles. The number of hydrogen-bond donors (Lipinski definition) is 0. The van der Waals surface area contributed by atoms with E-state index in [-0.39, 0.29) is 18.0 Å². The van der Waals surface area contributed by atoms with E-state index in [1.165, 1.54) is 0 Å². The summed E-state index contributed by atoms with van der Waals surface area (Å²) in [5.41, 5.74) is 2.62. The molecular formula is C19H28ClN3O. The molecule has 0 aliphatic heterocycles. The number of rotatable bonds is 6. The predicted octanol–water partition coefficient (Wildman–Crippen LogP) is 3.76. The molecule has 0 unspecified atom stereocenters. The van der Waals surface area contributed by atoms with Gasteiger partial charge in [-0.15, -0.1) is 12.4 Å². The third-order valence-corrected chi connectivity index (χ3v) is 4.12. The van der Waals surface area contributed by atoms with Gasteiger partial charge in [0, 0.05) is 29.8 Å². The van der Waals surface area contributed by atoms with Gasteiger partial charge in [0.25, 0.3) is 5.56 Å². The Bertz CT molecular complexity index is 688. The second kappa shape index (κ2) is 9.00. The van der Waals surface area contributed by atoms with Crippen LogP contribution in [-0.4, -0.2) is 33.3 Å². The van der Waals surface area contributed by atoms with Crippen molar-refractivity contribution in [1.29, 1.82) is 0 Å². The van der Waals surface area contributed by atoms with Gasteiger partial charge in [-0.05, 0) is 40.7 Å². The maximum absolute atomic E-state index is 12.4. The minimum absolute atomic E-state index is 0. The van der Waals surface area contributed by atoms with Crippen LogP contribution in [0.1, 0.15) is 33.3 Å². The van der Waals surface area contributed by atoms with Crippen molar-refractivity contribution < 1.29 is 0 Å². The van der Waals surface area contributed by atoms with Crippen LogP contribution in [0, 0.1) is 6.92 Å². The van der Waals surface area contributed by atoms with Gasteiger partial charge in [0.05, 0.1) is 12.2 Å². The molecule has 0 bridgehead atoms. The van der Waals surface area contributed by atoms with Crippen molar-refractivity contribution in [3.05, 3.63) is 52.3 Å². The van der Waals surface area contributed by atoms with E-state index in [0.717, 1.165) is 23.4 Å². The van der Waals surface area contributed by atoms with E-state index in [1.54, 1.807) is 4.68 Å². The van der Waals surface area contributed by atoms with Crippen LogP contribution in [0.15, 0.2) is 41.2 Å². The molecule has 1 aromatic carbocycles. The summed E-state index contributed by atoms with van der Waals surface area (Å²) in [6.45, 7) is 12.0. The van der Waals surface area contributed by atoms with Crippen molar-refractivity contribution in [3.63, 3.8) is 0 Å². The van der Waals surface area contributed by atoms with Crippen LogP contribution in [0.25, 0.3) is 11.3 Å². The van der Waals surface area contributed by atoms with Crippen molar-refractivity contribution >= 4 is 12.4 Å². The van der Waals surface area contributed by atoms with Gasteiger partial charge in [-0.25, -0.2) is 4.68 Å². The Kier molecular flexibility index (Phi) is 7.64. The minimum atomic E-state index is -0.00265. The van der Waals surface area contributed by atoms with Crippen molar-refractivity contribution in [2.24, 2.45) is 0 Å². The largest absolute Gasteiger partial charge is 0.297 e. The Morgan fingerprint density at radius 2 is 1.67 bits per heavy atom. The van der Waals surface area contributed by atoms with E-state index in [2.05, 4.69) is 37.7 Å². The van der Waals surface area contributed by atoms with Crippen molar-refractivity contribution in [2.45, 2.75) is 53.2 Å². The van der Waals surface area contributed by atoms with Crippen molar-refractivity contribution in [3.8, 4) is 11.3 Å². The smallest absolute Gasteiger partial charge is 0.269 e. The zero-order chi connectivity index (χ0) is 17.0. The molecule has 0 fully saturated rings. The first kappa shape index (κ1) is 20.4. The third-order valence-electron chi connectivity index (χ3n) is 4.12. The lowest BCUT2D eigenvalue weighted by Crippen LogP contribution is -2.41. The molecule has 4 nitrogen and oxygen atoms in total. The second-order valence-electron chi connectivity index (χ2n) is 6.53. The fraction of sp³-hybridized carbons (Fsp3) is 0.474. The van der Waals surface area contributed by atoms with Gasteiger partial charge in [-0.1, -0.05) is 30.3 Å². The highest BCUT2D eigenvalue weighted by atomic mass is 35.5. The van der Waals surface area contributed by atoms with Crippen LogP contribution < -0.4 is 5.56 Å². The lowest BCUT2D eigenvalue weighted by Gasteiger charge is -2.30. The first-order valence-corrected chi connectivity index (χ1v) is 8.30. The molecule has 0 aliphatic carbocycles. The quantitative estimate of drug-likeness (QED) is 0.797. The van der Waals surface area contributed by atoms with Crippen molar-refractivity contribution in [2.75, 3.05) is 6.54 Å². The Morgan fingerprint density at radius 3 is 2.21 bits per heavy atom. The van der Waals surface area contributed by atoms with Gasteiger partial charge in [-0.2, -0.15) is 5.10 Å². The Balaban J connectivity index is 0.00000288. The van der Waals surface area contributed by atoms with Gasteiger partial charge in [-0.3, -0.25) is 9.69 Å². The van der Waals surface area contributed by atoms with Crippen LogP contribution in [0.2, 0.25) is 0 Å². The fourth-order valence-electron chi connectivity index (χ4n) is 2.90. The number of hydrogen-bond acceptors (Lipinski definition) is 3. The Labute approximate surface area is 150 Å². The van der Waals surface area contributed by atoms with E-state index in [4.69, 9.17) is 0 Å². The molecule has 0 amide bonds. The van der Waals surface area contributed by atoms with Crippen LogP contribution in [0.3, 0.4) is 0 Å². The summed E-state index contributed by atoms with van der Waals surface area (Å²) < 4.78 is 1.61. The number of aryl methyl sites for hydroxylation is 1. The number of nitrogens with zero attached hydrogens (tertiary/aromatic N) is 3. The lowest BCUT2D eigenvalue weighted by molar-refractivity contribution is 0.165. The summed E-state index contributed by atoms with van der Waals surface area (Å²) in [6.07, 6.45) is 0. The van der Waals surface area contributed by atoms with Crippen LogP contribution in [0.4, 0.5) is 0 Å². The van der Waals surface area contributed by atoms with Gasteiger partial charge < -0.3 is 0 Å². The average Bonchev–Trinajstić information content (AvgIpc) is 2.51. The van der Waals surface area contributed by atoms with E-state index in [0.29, 0.717) is 18.6 Å². The lowest BCUT2D eigenvalue weighted by atomic mass is 10.1. The molecule has 0 saturated carbocycles. The average molecular weight is 350 g/mol. The van der Waals surface area contributed by atoms with Crippen molar-refractivity contribution in [1.82, 2.24) is 14.7 Å². The molecule has 2 rings (SSSR count). The molecule has 2 aromatic rings. The van der Waals surface area contributed by atoms with E-state index in [9.17, 15) is 4.79 Å². The summed E-state index contributed by atoms with van der Waals surface area (Å²) in [6, 6.07) is 12.8. The summed E-state index contributed by atoms with van der Waals surface area (Å²) in [7, 11) is 0. The van der Waals surface area contributed by atoms with E-state index < -0.39 is 0 Å². The standard InChI is InChI=1S/C19H27N3O.ClH/c1-14(2)21(15(3)4)11-12-22-19(23)16(5)13-18(20-22)17-9-7-6-8-10-17;/h6-10,13-15H,11-12H2,1-5H3;1H. The third kappa shape index (κ3) is 4.92. The number of benzene rings is 1. The second-order valence-corrected chi connectivity index (χ2v) is 6.53. The number of aromatic nitrogens is 2. The number of halogens is 1. The van der Waals surface area contributed by atoms with Gasteiger partial charge in [0.1, 0.15) is 0 Å². The summed E-state index contributed by atoms with van der Waals surface area (Å²) in [4.78, 5) is 14.8. The molecule has 132 valence electrons. The van der Waals surface area contributed by atoms with Gasteiger partial charge in [0.15, 0.2) is 0 Å². The molecule has 0 spiro atoms. The highest BCUT2D eigenvalue weighted by molar-refractivity contribution is 5.85. The maximum Gasteiger partial charge on any atom is 0.269 e. The van der Waals surface area contributed by atoms with E-state index >= 15 is 0 Å². The molecule has 0 radical (unpaired) electrons. The maximum atomic E-state index is 12.4. The summed E-state index contributed by atoms with van der Waals surface area (Å²) in [5.74, 6) is 0. The zero-order valence-corrected chi connectivity index (χ0v) is 16.0. The predicted molar refractivity (Wildman–Crippen MR) is 103 cm³/mol. The molecule has 5 heteroatoms. The Hall–Kier alpha value is -1.65. The fourth-order valence-corrected chi connectivity index (χ4v) is 2.90. The monoisotopic (exact) mass is 349 g/mol. The molecule has 0 saturated heterocycles.